The van der Waals surface area contributed by atoms with Gasteiger partial charge in [0.1, 0.15) is 0 Å². The van der Waals surface area contributed by atoms with Crippen molar-refractivity contribution in [1.82, 2.24) is 9.80 Å². The van der Waals surface area contributed by atoms with Crippen LogP contribution >= 0.6 is 0 Å². The second-order valence-corrected chi connectivity index (χ2v) is 6.99. The van der Waals surface area contributed by atoms with Crippen molar-refractivity contribution in [2.45, 2.75) is 26.4 Å². The molecule has 1 aromatic carbocycles. The van der Waals surface area contributed by atoms with Crippen LogP contribution in [0.4, 0.5) is 0 Å². The lowest BCUT2D eigenvalue weighted by Gasteiger charge is -2.35. The highest BCUT2D eigenvalue weighted by Crippen LogP contribution is 2.17. The predicted molar refractivity (Wildman–Crippen MR) is 94.7 cm³/mol. The molecule has 0 aromatic heterocycles. The first-order valence-corrected chi connectivity index (χ1v) is 8.79. The summed E-state index contributed by atoms with van der Waals surface area (Å²) in [5.74, 6) is 0.667. The van der Waals surface area contributed by atoms with E-state index in [9.17, 15) is 5.11 Å². The summed E-state index contributed by atoms with van der Waals surface area (Å²) in [6, 6.07) is 8.47. The van der Waals surface area contributed by atoms with Gasteiger partial charge in [-0.15, -0.1) is 0 Å². The molecule has 0 saturated carbocycles. The first-order chi connectivity index (χ1) is 11.1. The van der Waals surface area contributed by atoms with Crippen molar-refractivity contribution < 1.29 is 9.84 Å². The summed E-state index contributed by atoms with van der Waals surface area (Å²) in [4.78, 5) is 4.78. The Labute approximate surface area is 141 Å². The van der Waals surface area contributed by atoms with Gasteiger partial charge in [0.05, 0.1) is 12.7 Å². The highest BCUT2D eigenvalue weighted by Gasteiger charge is 2.19. The maximum absolute atomic E-state index is 10.5. The summed E-state index contributed by atoms with van der Waals surface area (Å²) in [5, 5.41) is 10.5. The van der Waals surface area contributed by atoms with Gasteiger partial charge in [-0.3, -0.25) is 9.80 Å². The zero-order valence-electron chi connectivity index (χ0n) is 14.9. The number of nitrogens with zero attached hydrogens (tertiary/aromatic N) is 2. The molecule has 0 unspecified atom stereocenters. The van der Waals surface area contributed by atoms with E-state index in [4.69, 9.17) is 4.74 Å². The molecule has 0 spiro atoms. The Morgan fingerprint density at radius 2 is 1.65 bits per heavy atom. The molecule has 1 aromatic rings. The third-order valence-corrected chi connectivity index (χ3v) is 4.52. The molecule has 4 nitrogen and oxygen atoms in total. The SMILES string of the molecule is COCCN1CCN(C[C@H](O)c2ccc(CC(C)C)cc2)CC1. The lowest BCUT2D eigenvalue weighted by Crippen LogP contribution is -2.48. The zero-order valence-corrected chi connectivity index (χ0v) is 14.9. The van der Waals surface area contributed by atoms with Gasteiger partial charge in [0.15, 0.2) is 0 Å². The largest absolute Gasteiger partial charge is 0.387 e. The van der Waals surface area contributed by atoms with E-state index >= 15 is 0 Å². The van der Waals surface area contributed by atoms with E-state index in [1.807, 2.05) is 0 Å². The molecule has 4 heteroatoms. The average molecular weight is 320 g/mol. The number of piperazine rings is 1. The van der Waals surface area contributed by atoms with E-state index in [1.54, 1.807) is 7.11 Å². The van der Waals surface area contributed by atoms with Crippen LogP contribution in [0.2, 0.25) is 0 Å². The van der Waals surface area contributed by atoms with Crippen LogP contribution in [0.5, 0.6) is 0 Å². The van der Waals surface area contributed by atoms with Crippen LogP contribution in [0.15, 0.2) is 24.3 Å². The average Bonchev–Trinajstić information content (AvgIpc) is 2.54. The van der Waals surface area contributed by atoms with Crippen LogP contribution in [0.1, 0.15) is 31.1 Å². The minimum absolute atomic E-state index is 0.395. The molecule has 1 N–H and O–H groups in total. The van der Waals surface area contributed by atoms with Gasteiger partial charge >= 0.3 is 0 Å². The van der Waals surface area contributed by atoms with Crippen molar-refractivity contribution in [3.63, 3.8) is 0 Å². The first-order valence-electron chi connectivity index (χ1n) is 8.79. The van der Waals surface area contributed by atoms with Gasteiger partial charge in [0.2, 0.25) is 0 Å². The van der Waals surface area contributed by atoms with Crippen molar-refractivity contribution >= 4 is 0 Å². The van der Waals surface area contributed by atoms with Gasteiger partial charge in [-0.2, -0.15) is 0 Å². The molecule has 1 fully saturated rings. The summed E-state index contributed by atoms with van der Waals surface area (Å²) >= 11 is 0. The minimum Gasteiger partial charge on any atom is -0.387 e. The van der Waals surface area contributed by atoms with Gasteiger partial charge in [-0.25, -0.2) is 0 Å². The van der Waals surface area contributed by atoms with Crippen molar-refractivity contribution in [3.8, 4) is 0 Å². The van der Waals surface area contributed by atoms with Crippen LogP contribution < -0.4 is 0 Å². The van der Waals surface area contributed by atoms with Crippen molar-refractivity contribution in [1.29, 1.82) is 0 Å². The molecule has 0 bridgehead atoms. The smallest absolute Gasteiger partial charge is 0.0916 e. The Balaban J connectivity index is 1.77. The van der Waals surface area contributed by atoms with E-state index in [1.165, 1.54) is 5.56 Å². The zero-order chi connectivity index (χ0) is 16.7. The molecule has 0 amide bonds. The number of hydrogen-bond acceptors (Lipinski definition) is 4. The molecule has 1 saturated heterocycles. The molecule has 130 valence electrons. The minimum atomic E-state index is -0.395. The van der Waals surface area contributed by atoms with Crippen LogP contribution in [0.3, 0.4) is 0 Å². The second-order valence-electron chi connectivity index (χ2n) is 6.99. The van der Waals surface area contributed by atoms with Gasteiger partial charge in [-0.05, 0) is 23.5 Å². The highest BCUT2D eigenvalue weighted by molar-refractivity contribution is 5.24. The first kappa shape index (κ1) is 18.4. The van der Waals surface area contributed by atoms with E-state index in [0.717, 1.165) is 57.9 Å². The number of methoxy groups -OCH3 is 1. The molecule has 1 heterocycles. The standard InChI is InChI=1S/C19H32N2O2/c1-16(2)14-17-4-6-18(7-5-17)19(22)15-21-10-8-20(9-11-21)12-13-23-3/h4-7,16,19,22H,8-15H2,1-3H3/t19-/m0/s1. The number of hydrogen-bond donors (Lipinski definition) is 1. The van der Waals surface area contributed by atoms with Crippen molar-refractivity contribution in [2.24, 2.45) is 5.92 Å². The van der Waals surface area contributed by atoms with Crippen molar-refractivity contribution in [3.05, 3.63) is 35.4 Å². The number of ether oxygens (including phenoxy) is 1. The number of β-amino-alcohol motifs (C(OH)–C–C–N with tert-alkyl or cyclic N) is 1. The van der Waals surface area contributed by atoms with Gasteiger partial charge in [0, 0.05) is 46.4 Å². The molecule has 23 heavy (non-hydrogen) atoms. The van der Waals surface area contributed by atoms with Crippen LogP contribution in [0.25, 0.3) is 0 Å². The predicted octanol–water partition coefficient (Wildman–Crippen LogP) is 2.18. The van der Waals surface area contributed by atoms with E-state index in [0.29, 0.717) is 5.92 Å². The monoisotopic (exact) mass is 320 g/mol. The Kier molecular flexibility index (Phi) is 7.50. The topological polar surface area (TPSA) is 35.9 Å². The lowest BCUT2D eigenvalue weighted by atomic mass is 10.00. The fourth-order valence-electron chi connectivity index (χ4n) is 3.11. The fraction of sp³-hybridized carbons (Fsp3) is 0.684. The Bertz CT molecular complexity index is 439. The molecule has 0 aliphatic carbocycles. The maximum Gasteiger partial charge on any atom is 0.0916 e. The van der Waals surface area contributed by atoms with Crippen LogP contribution in [-0.4, -0.2) is 67.9 Å². The normalized spacial score (nSPS) is 18.5. The molecule has 1 aliphatic rings. The van der Waals surface area contributed by atoms with Crippen LogP contribution in [-0.2, 0) is 11.2 Å². The number of aliphatic hydroxyl groups is 1. The summed E-state index contributed by atoms with van der Waals surface area (Å²) in [7, 11) is 1.75. The summed E-state index contributed by atoms with van der Waals surface area (Å²) < 4.78 is 5.13. The third-order valence-electron chi connectivity index (χ3n) is 4.52. The number of aliphatic hydroxyl groups excluding tert-OH is 1. The van der Waals surface area contributed by atoms with Crippen LogP contribution in [0, 0.1) is 5.92 Å². The second kappa shape index (κ2) is 9.38. The maximum atomic E-state index is 10.5. The number of benzene rings is 1. The molecular formula is C19H32N2O2. The van der Waals surface area contributed by atoms with E-state index in [-0.39, 0.29) is 0 Å². The lowest BCUT2D eigenvalue weighted by molar-refractivity contribution is 0.0611. The van der Waals surface area contributed by atoms with Crippen molar-refractivity contribution in [2.75, 3.05) is 53.0 Å². The Morgan fingerprint density at radius 3 is 2.22 bits per heavy atom. The van der Waals surface area contributed by atoms with Gasteiger partial charge in [-0.1, -0.05) is 38.1 Å². The molecular weight excluding hydrogens is 288 g/mol. The van der Waals surface area contributed by atoms with E-state index < -0.39 is 6.10 Å². The summed E-state index contributed by atoms with van der Waals surface area (Å²) in [5.41, 5.74) is 2.38. The molecule has 1 atom stereocenters. The third kappa shape index (κ3) is 6.22. The van der Waals surface area contributed by atoms with E-state index in [2.05, 4.69) is 47.9 Å². The molecule has 0 radical (unpaired) electrons. The molecule has 1 aliphatic heterocycles. The van der Waals surface area contributed by atoms with Gasteiger partial charge in [0.25, 0.3) is 0 Å². The van der Waals surface area contributed by atoms with Gasteiger partial charge < -0.3 is 9.84 Å². The number of rotatable bonds is 8. The Hall–Kier alpha value is -0.940. The molecule has 2 rings (SSSR count). The summed E-state index contributed by atoms with van der Waals surface area (Å²) in [6.07, 6.45) is 0.702. The summed E-state index contributed by atoms with van der Waals surface area (Å²) in [6.45, 7) is 11.1. The highest BCUT2D eigenvalue weighted by atomic mass is 16.5. The Morgan fingerprint density at radius 1 is 1.04 bits per heavy atom. The fourth-order valence-corrected chi connectivity index (χ4v) is 3.11. The quantitative estimate of drug-likeness (QED) is 0.796.